The number of anilines is 2. The van der Waals surface area contributed by atoms with Crippen molar-refractivity contribution >= 4 is 69.1 Å². The van der Waals surface area contributed by atoms with Crippen LogP contribution in [-0.4, -0.2) is 51.4 Å². The predicted octanol–water partition coefficient (Wildman–Crippen LogP) is 3.69. The summed E-state index contributed by atoms with van der Waals surface area (Å²) in [7, 11) is -3.40. The van der Waals surface area contributed by atoms with E-state index in [9.17, 15) is 8.42 Å². The molecule has 13 heteroatoms. The number of fused-ring (bicyclic) bond motifs is 1. The molecule has 1 aliphatic heterocycles. The van der Waals surface area contributed by atoms with Crippen LogP contribution < -0.4 is 11.1 Å². The Morgan fingerprint density at radius 1 is 1.09 bits per heavy atom. The van der Waals surface area contributed by atoms with Crippen LogP contribution >= 0.6 is 36.2 Å². The van der Waals surface area contributed by atoms with Gasteiger partial charge in [0, 0.05) is 25.2 Å². The van der Waals surface area contributed by atoms with Crippen molar-refractivity contribution in [3.63, 3.8) is 0 Å². The van der Waals surface area contributed by atoms with E-state index in [1.54, 1.807) is 21.8 Å². The fourth-order valence-electron chi connectivity index (χ4n) is 4.46. The molecule has 0 spiro atoms. The van der Waals surface area contributed by atoms with Crippen LogP contribution in [0.4, 0.5) is 11.8 Å². The van der Waals surface area contributed by atoms with E-state index in [1.807, 2.05) is 6.33 Å². The Hall–Kier alpha value is -1.66. The van der Waals surface area contributed by atoms with E-state index >= 15 is 0 Å². The molecule has 3 aromatic rings. The van der Waals surface area contributed by atoms with Gasteiger partial charge in [-0.1, -0.05) is 18.9 Å². The van der Waals surface area contributed by atoms with Gasteiger partial charge in [-0.2, -0.15) is 14.3 Å². The second-order valence-electron chi connectivity index (χ2n) is 7.95. The maximum absolute atomic E-state index is 12.7. The first-order valence-electron chi connectivity index (χ1n) is 10.3. The van der Waals surface area contributed by atoms with Crippen LogP contribution in [-0.2, 0) is 10.0 Å². The zero-order chi connectivity index (χ0) is 20.7. The third-order valence-electron chi connectivity index (χ3n) is 6.04. The highest BCUT2D eigenvalue weighted by molar-refractivity contribution is 7.91. The van der Waals surface area contributed by atoms with Gasteiger partial charge in [0.15, 0.2) is 17.0 Å². The van der Waals surface area contributed by atoms with Gasteiger partial charge in [-0.15, -0.1) is 36.2 Å². The summed E-state index contributed by atoms with van der Waals surface area (Å²) in [6.07, 6.45) is 7.95. The summed E-state index contributed by atoms with van der Waals surface area (Å²) in [6, 6.07) is 3.95. The molecule has 2 fully saturated rings. The minimum absolute atomic E-state index is 0. The first-order chi connectivity index (χ1) is 14.5. The number of aromatic nitrogens is 4. The Kier molecular flexibility index (Phi) is 7.87. The molecule has 0 unspecified atom stereocenters. The van der Waals surface area contributed by atoms with Crippen molar-refractivity contribution < 1.29 is 8.42 Å². The molecular weight excluding hydrogens is 493 g/mol. The van der Waals surface area contributed by atoms with E-state index in [2.05, 4.69) is 24.8 Å². The smallest absolute Gasteiger partial charge is 0.252 e. The molecule has 1 saturated heterocycles. The first kappa shape index (κ1) is 25.0. The van der Waals surface area contributed by atoms with Gasteiger partial charge in [-0.3, -0.25) is 0 Å². The molecule has 176 valence electrons. The van der Waals surface area contributed by atoms with Crippen molar-refractivity contribution in [3.05, 3.63) is 23.8 Å². The van der Waals surface area contributed by atoms with Crippen molar-refractivity contribution in [2.24, 2.45) is 0 Å². The van der Waals surface area contributed by atoms with E-state index < -0.39 is 10.0 Å². The molecule has 1 aliphatic carbocycles. The molecule has 4 heterocycles. The van der Waals surface area contributed by atoms with Crippen LogP contribution in [0.15, 0.2) is 28.0 Å². The maximum atomic E-state index is 12.7. The molecule has 0 radical (unpaired) electrons. The average molecular weight is 521 g/mol. The van der Waals surface area contributed by atoms with Gasteiger partial charge in [0.25, 0.3) is 10.0 Å². The summed E-state index contributed by atoms with van der Waals surface area (Å²) >= 11 is 1.26. The lowest BCUT2D eigenvalue weighted by atomic mass is 10.1. The lowest BCUT2D eigenvalue weighted by Crippen LogP contribution is -2.42. The Morgan fingerprint density at radius 3 is 2.47 bits per heavy atom. The van der Waals surface area contributed by atoms with E-state index in [-0.39, 0.29) is 36.8 Å². The van der Waals surface area contributed by atoms with E-state index in [4.69, 9.17) is 5.73 Å². The minimum Gasteiger partial charge on any atom is -0.368 e. The fraction of sp³-hybridized carbons (Fsp3) is 0.526. The maximum Gasteiger partial charge on any atom is 0.252 e. The lowest BCUT2D eigenvalue weighted by molar-refractivity contribution is 0.330. The Bertz CT molecular complexity index is 1140. The van der Waals surface area contributed by atoms with E-state index in [0.717, 1.165) is 24.0 Å². The number of imidazole rings is 1. The molecule has 0 bridgehead atoms. The van der Waals surface area contributed by atoms with E-state index in [0.29, 0.717) is 42.0 Å². The van der Waals surface area contributed by atoms with Crippen LogP contribution in [0.25, 0.3) is 11.2 Å². The van der Waals surface area contributed by atoms with Gasteiger partial charge in [-0.25, -0.2) is 13.4 Å². The standard InChI is InChI=1S/C19H25N7O2S2.2ClH/c20-19-23-17(16-18(24-19)26(12-21-16)14-4-1-2-5-14)22-13-7-9-25(10-8-13)30(27,28)15-6-3-11-29-15;;/h3,6,11-14H,1-2,4-5,7-10H2,(H3,20,22,23,24);2*1H. The van der Waals surface area contributed by atoms with Gasteiger partial charge < -0.3 is 15.6 Å². The fourth-order valence-corrected chi connectivity index (χ4v) is 7.07. The monoisotopic (exact) mass is 519 g/mol. The highest BCUT2D eigenvalue weighted by Crippen LogP contribution is 2.33. The van der Waals surface area contributed by atoms with Crippen LogP contribution in [0.1, 0.15) is 44.6 Å². The quantitative estimate of drug-likeness (QED) is 0.527. The van der Waals surface area contributed by atoms with Crippen LogP contribution in [0.5, 0.6) is 0 Å². The molecule has 0 atom stereocenters. The summed E-state index contributed by atoms with van der Waals surface area (Å²) in [5.41, 5.74) is 7.50. The highest BCUT2D eigenvalue weighted by atomic mass is 35.5. The number of nitrogens with two attached hydrogens (primary N) is 1. The predicted molar refractivity (Wildman–Crippen MR) is 131 cm³/mol. The number of piperidine rings is 1. The molecule has 5 rings (SSSR count). The van der Waals surface area contributed by atoms with Crippen LogP contribution in [0.2, 0.25) is 0 Å². The number of nitrogens with zero attached hydrogens (tertiary/aromatic N) is 5. The molecule has 0 aromatic carbocycles. The van der Waals surface area contributed by atoms with Gasteiger partial charge >= 0.3 is 0 Å². The third-order valence-corrected chi connectivity index (χ3v) is 9.31. The molecule has 2 aliphatic rings. The van der Waals surface area contributed by atoms with Gasteiger partial charge in [0.1, 0.15) is 4.21 Å². The van der Waals surface area contributed by atoms with E-state index in [1.165, 1.54) is 24.2 Å². The summed E-state index contributed by atoms with van der Waals surface area (Å²) < 4.78 is 29.5. The largest absolute Gasteiger partial charge is 0.368 e. The number of nitrogen functional groups attached to an aromatic ring is 1. The number of halogens is 2. The number of thiophene rings is 1. The summed E-state index contributed by atoms with van der Waals surface area (Å²) in [6.45, 7) is 0.941. The summed E-state index contributed by atoms with van der Waals surface area (Å²) in [5.74, 6) is 0.858. The van der Waals surface area contributed by atoms with Crippen LogP contribution in [0.3, 0.4) is 0 Å². The molecule has 32 heavy (non-hydrogen) atoms. The number of sulfonamides is 1. The SMILES string of the molecule is Cl.Cl.Nc1nc(NC2CCN(S(=O)(=O)c3cccs3)CC2)c2ncn(C3CCCC3)c2n1. The Morgan fingerprint density at radius 2 is 1.81 bits per heavy atom. The number of rotatable bonds is 5. The van der Waals surface area contributed by atoms with Crippen molar-refractivity contribution in [3.8, 4) is 0 Å². The molecule has 1 saturated carbocycles. The molecule has 9 nitrogen and oxygen atoms in total. The summed E-state index contributed by atoms with van der Waals surface area (Å²) in [4.78, 5) is 13.4. The normalized spacial score (nSPS) is 18.4. The number of hydrogen-bond acceptors (Lipinski definition) is 8. The molecular formula is C19H27Cl2N7O2S2. The lowest BCUT2D eigenvalue weighted by Gasteiger charge is -2.31. The zero-order valence-electron chi connectivity index (χ0n) is 17.4. The topological polar surface area (TPSA) is 119 Å². The summed E-state index contributed by atoms with van der Waals surface area (Å²) in [5, 5.41) is 5.24. The third kappa shape index (κ3) is 4.67. The van der Waals surface area contributed by atoms with Crippen molar-refractivity contribution in [1.82, 2.24) is 23.8 Å². The minimum atomic E-state index is -3.40. The Labute approximate surface area is 203 Å². The van der Waals surface area contributed by atoms with Gasteiger partial charge in [-0.05, 0) is 37.1 Å². The molecule has 0 amide bonds. The number of nitrogens with one attached hydrogen (secondary N) is 1. The zero-order valence-corrected chi connectivity index (χ0v) is 20.6. The van der Waals surface area contributed by atoms with Gasteiger partial charge in [0.2, 0.25) is 5.95 Å². The molecule has 3 N–H and O–H groups in total. The van der Waals surface area contributed by atoms with Crippen LogP contribution in [0, 0.1) is 0 Å². The average Bonchev–Trinajstić information content (AvgIpc) is 3.49. The Balaban J connectivity index is 0.00000144. The van der Waals surface area contributed by atoms with Crippen molar-refractivity contribution in [2.45, 2.75) is 54.8 Å². The highest BCUT2D eigenvalue weighted by Gasteiger charge is 2.30. The van der Waals surface area contributed by atoms with Gasteiger partial charge in [0.05, 0.1) is 6.33 Å². The van der Waals surface area contributed by atoms with Crippen molar-refractivity contribution in [1.29, 1.82) is 0 Å². The second-order valence-corrected chi connectivity index (χ2v) is 11.1. The second kappa shape index (κ2) is 10.1. The molecule has 3 aromatic heterocycles. The number of hydrogen-bond donors (Lipinski definition) is 2. The van der Waals surface area contributed by atoms with Crippen molar-refractivity contribution in [2.75, 3.05) is 24.1 Å². The first-order valence-corrected chi connectivity index (χ1v) is 12.6.